The van der Waals surface area contributed by atoms with E-state index in [0.717, 1.165) is 5.57 Å². The van der Waals surface area contributed by atoms with E-state index in [4.69, 9.17) is 5.73 Å². The third-order valence-corrected chi connectivity index (χ3v) is 2.09. The smallest absolute Gasteiger partial charge is 0.337 e. The molecule has 0 amide bonds. The van der Waals surface area contributed by atoms with E-state index in [9.17, 15) is 4.79 Å². The minimum atomic E-state index is -0.305. The average molecular weight is 195 g/mol. The van der Waals surface area contributed by atoms with E-state index in [0.29, 0.717) is 12.0 Å². The standard InChI is InChI=1S/C11H15NO2.H2/c1-8(12)9-4-3-5-10(7-6-9)11(13)14-2;/h4-8H,3,12H2,1-2H3;1H/t8-;/m1./s1. The van der Waals surface area contributed by atoms with Crippen molar-refractivity contribution in [1.82, 2.24) is 0 Å². The van der Waals surface area contributed by atoms with Crippen LogP contribution in [-0.2, 0) is 9.53 Å². The van der Waals surface area contributed by atoms with E-state index in [2.05, 4.69) is 4.74 Å². The Kier molecular flexibility index (Phi) is 3.65. The summed E-state index contributed by atoms with van der Waals surface area (Å²) in [6.45, 7) is 1.92. The lowest BCUT2D eigenvalue weighted by atomic mass is 10.1. The summed E-state index contributed by atoms with van der Waals surface area (Å²) in [6, 6.07) is -0.00310. The predicted molar refractivity (Wildman–Crippen MR) is 57.7 cm³/mol. The number of carbonyl (C=O) groups excluding carboxylic acids is 1. The van der Waals surface area contributed by atoms with Crippen LogP contribution in [0.5, 0.6) is 0 Å². The van der Waals surface area contributed by atoms with Gasteiger partial charge in [-0.2, -0.15) is 0 Å². The lowest BCUT2D eigenvalue weighted by Crippen LogP contribution is -2.16. The number of esters is 1. The zero-order valence-corrected chi connectivity index (χ0v) is 8.49. The van der Waals surface area contributed by atoms with E-state index in [-0.39, 0.29) is 13.4 Å². The monoisotopic (exact) mass is 195 g/mol. The van der Waals surface area contributed by atoms with Gasteiger partial charge in [0.2, 0.25) is 0 Å². The van der Waals surface area contributed by atoms with Crippen LogP contribution in [0.25, 0.3) is 0 Å². The number of ether oxygens (including phenoxy) is 1. The number of allylic oxidation sites excluding steroid dienone is 2. The van der Waals surface area contributed by atoms with Crippen LogP contribution in [0.15, 0.2) is 35.5 Å². The van der Waals surface area contributed by atoms with Gasteiger partial charge in [-0.25, -0.2) is 4.79 Å². The normalized spacial score (nSPS) is 17.9. The SMILES string of the molecule is COC(=O)C1=CCC=C([C@@H](C)N)C=C1.[HH]. The van der Waals surface area contributed by atoms with Crippen LogP contribution in [-0.4, -0.2) is 19.1 Å². The zero-order chi connectivity index (χ0) is 10.6. The summed E-state index contributed by atoms with van der Waals surface area (Å²) >= 11 is 0. The highest BCUT2D eigenvalue weighted by molar-refractivity contribution is 5.91. The number of nitrogens with two attached hydrogens (primary N) is 1. The number of carbonyl (C=O) groups is 1. The molecule has 1 atom stereocenters. The van der Waals surface area contributed by atoms with Crippen LogP contribution in [0.1, 0.15) is 14.8 Å². The molecule has 0 aromatic heterocycles. The Labute approximate surface area is 85.4 Å². The third kappa shape index (κ3) is 2.57. The maximum atomic E-state index is 11.2. The Bertz CT molecular complexity index is 317. The Morgan fingerprint density at radius 1 is 1.57 bits per heavy atom. The fourth-order valence-corrected chi connectivity index (χ4v) is 1.25. The van der Waals surface area contributed by atoms with Gasteiger partial charge in [0.05, 0.1) is 12.7 Å². The molecule has 2 N–H and O–H groups in total. The number of hydrogen-bond donors (Lipinski definition) is 1. The summed E-state index contributed by atoms with van der Waals surface area (Å²) in [7, 11) is 1.38. The van der Waals surface area contributed by atoms with Gasteiger partial charge < -0.3 is 10.5 Å². The molecule has 3 nitrogen and oxygen atoms in total. The van der Waals surface area contributed by atoms with Crippen molar-refractivity contribution in [3.05, 3.63) is 35.5 Å². The van der Waals surface area contributed by atoms with E-state index in [1.54, 1.807) is 6.08 Å². The van der Waals surface area contributed by atoms with Crippen LogP contribution in [0.4, 0.5) is 0 Å². The van der Waals surface area contributed by atoms with Crippen molar-refractivity contribution in [2.75, 3.05) is 7.11 Å². The van der Waals surface area contributed by atoms with Gasteiger partial charge in [-0.05, 0) is 25.0 Å². The van der Waals surface area contributed by atoms with Gasteiger partial charge in [0.25, 0.3) is 0 Å². The molecule has 0 saturated carbocycles. The van der Waals surface area contributed by atoms with Crippen LogP contribution < -0.4 is 5.73 Å². The van der Waals surface area contributed by atoms with Crippen molar-refractivity contribution in [2.45, 2.75) is 19.4 Å². The Morgan fingerprint density at radius 3 is 2.86 bits per heavy atom. The third-order valence-electron chi connectivity index (χ3n) is 2.09. The van der Waals surface area contributed by atoms with Gasteiger partial charge in [-0.3, -0.25) is 0 Å². The molecular formula is C11H17NO2. The molecule has 0 aliphatic heterocycles. The second-order valence-corrected chi connectivity index (χ2v) is 3.21. The van der Waals surface area contributed by atoms with Gasteiger partial charge in [0.1, 0.15) is 0 Å². The molecule has 14 heavy (non-hydrogen) atoms. The summed E-state index contributed by atoms with van der Waals surface area (Å²) in [6.07, 6.45) is 8.16. The second-order valence-electron chi connectivity index (χ2n) is 3.21. The molecule has 1 aliphatic carbocycles. The van der Waals surface area contributed by atoms with Crippen LogP contribution in [0, 0.1) is 0 Å². The lowest BCUT2D eigenvalue weighted by Gasteiger charge is -2.04. The fourth-order valence-electron chi connectivity index (χ4n) is 1.25. The topological polar surface area (TPSA) is 52.3 Å². The summed E-state index contributed by atoms with van der Waals surface area (Å²) in [5.41, 5.74) is 7.36. The molecule has 3 heteroatoms. The van der Waals surface area contributed by atoms with Gasteiger partial charge in [0.15, 0.2) is 0 Å². The highest BCUT2D eigenvalue weighted by atomic mass is 16.5. The van der Waals surface area contributed by atoms with Crippen molar-refractivity contribution < 1.29 is 11.0 Å². The first-order valence-electron chi connectivity index (χ1n) is 4.57. The van der Waals surface area contributed by atoms with Gasteiger partial charge >= 0.3 is 5.97 Å². The van der Waals surface area contributed by atoms with Gasteiger partial charge in [0, 0.05) is 7.47 Å². The molecule has 0 heterocycles. The van der Waals surface area contributed by atoms with E-state index in [1.807, 2.05) is 25.2 Å². The quantitative estimate of drug-likeness (QED) is 0.680. The largest absolute Gasteiger partial charge is 0.465 e. The van der Waals surface area contributed by atoms with Crippen molar-refractivity contribution in [3.8, 4) is 0 Å². The number of methoxy groups -OCH3 is 1. The van der Waals surface area contributed by atoms with Crippen molar-refractivity contribution in [2.24, 2.45) is 5.73 Å². The van der Waals surface area contributed by atoms with Gasteiger partial charge in [-0.1, -0.05) is 18.2 Å². The number of rotatable bonds is 2. The highest BCUT2D eigenvalue weighted by Crippen LogP contribution is 2.13. The van der Waals surface area contributed by atoms with E-state index >= 15 is 0 Å². The van der Waals surface area contributed by atoms with Crippen LogP contribution in [0.2, 0.25) is 0 Å². The van der Waals surface area contributed by atoms with Crippen molar-refractivity contribution >= 4 is 5.97 Å². The van der Waals surface area contributed by atoms with E-state index < -0.39 is 0 Å². The second kappa shape index (κ2) is 4.77. The summed E-state index contributed by atoms with van der Waals surface area (Å²) in [4.78, 5) is 11.2. The molecule has 1 rings (SSSR count). The first-order chi connectivity index (χ1) is 6.65. The van der Waals surface area contributed by atoms with Crippen molar-refractivity contribution in [1.29, 1.82) is 0 Å². The Morgan fingerprint density at radius 2 is 2.29 bits per heavy atom. The van der Waals surface area contributed by atoms with Crippen LogP contribution in [0.3, 0.4) is 0 Å². The maximum Gasteiger partial charge on any atom is 0.337 e. The molecule has 78 valence electrons. The highest BCUT2D eigenvalue weighted by Gasteiger charge is 2.08. The summed E-state index contributed by atoms with van der Waals surface area (Å²) < 4.78 is 4.63. The van der Waals surface area contributed by atoms with Crippen molar-refractivity contribution in [3.63, 3.8) is 0 Å². The first-order valence-corrected chi connectivity index (χ1v) is 4.57. The molecule has 0 saturated heterocycles. The molecule has 0 aromatic carbocycles. The zero-order valence-electron chi connectivity index (χ0n) is 8.49. The van der Waals surface area contributed by atoms with Gasteiger partial charge in [-0.15, -0.1) is 0 Å². The molecule has 0 fully saturated rings. The molecule has 0 aromatic rings. The summed E-state index contributed by atoms with van der Waals surface area (Å²) in [5, 5.41) is 0. The lowest BCUT2D eigenvalue weighted by molar-refractivity contribution is -0.135. The van der Waals surface area contributed by atoms with Crippen LogP contribution >= 0.6 is 0 Å². The fraction of sp³-hybridized carbons (Fsp3) is 0.364. The molecular weight excluding hydrogens is 178 g/mol. The maximum absolute atomic E-state index is 11.2. The Balaban J connectivity index is 0.00000196. The summed E-state index contributed by atoms with van der Waals surface area (Å²) in [5.74, 6) is -0.305. The predicted octanol–water partition coefficient (Wildman–Crippen LogP) is 1.57. The minimum absolute atomic E-state index is 0. The molecule has 0 bridgehead atoms. The van der Waals surface area contributed by atoms with E-state index in [1.165, 1.54) is 7.11 Å². The molecule has 0 unspecified atom stereocenters. The average Bonchev–Trinajstić information content (AvgIpc) is 2.41. The molecule has 0 spiro atoms. The first kappa shape index (κ1) is 10.7. The Hall–Kier alpha value is -1.35. The molecule has 1 aliphatic rings. The number of hydrogen-bond acceptors (Lipinski definition) is 3. The molecule has 0 radical (unpaired) electrons. The minimum Gasteiger partial charge on any atom is -0.465 e.